The standard InChI is InChI=1S/C16H18N2O3/c1-11-3-6-15(21-2)13(7-11)10-17-8-12-4-5-14(16(19)20)18-9-12/h3-7,9,17H,8,10H2,1-2H3,(H,19,20). The first-order valence-corrected chi connectivity index (χ1v) is 6.62. The number of rotatable bonds is 6. The monoisotopic (exact) mass is 286 g/mol. The van der Waals surface area contributed by atoms with Gasteiger partial charge < -0.3 is 15.2 Å². The fourth-order valence-electron chi connectivity index (χ4n) is 2.04. The molecule has 2 rings (SSSR count). The van der Waals surface area contributed by atoms with Gasteiger partial charge in [0.2, 0.25) is 0 Å². The topological polar surface area (TPSA) is 71.5 Å². The Bertz CT molecular complexity index is 624. The Labute approximate surface area is 123 Å². The third-order valence-corrected chi connectivity index (χ3v) is 3.12. The molecule has 0 unspecified atom stereocenters. The molecule has 1 heterocycles. The second kappa shape index (κ2) is 6.85. The zero-order valence-electron chi connectivity index (χ0n) is 12.1. The normalized spacial score (nSPS) is 10.4. The van der Waals surface area contributed by atoms with Crippen molar-refractivity contribution in [3.63, 3.8) is 0 Å². The van der Waals surface area contributed by atoms with Crippen LogP contribution < -0.4 is 10.1 Å². The summed E-state index contributed by atoms with van der Waals surface area (Å²) >= 11 is 0. The largest absolute Gasteiger partial charge is 0.496 e. The zero-order chi connectivity index (χ0) is 15.2. The number of carboxylic acid groups (broad SMARTS) is 1. The molecule has 0 aliphatic rings. The van der Waals surface area contributed by atoms with E-state index in [2.05, 4.69) is 16.4 Å². The maximum atomic E-state index is 10.7. The SMILES string of the molecule is COc1ccc(C)cc1CNCc1ccc(C(=O)O)nc1. The van der Waals surface area contributed by atoms with Crippen LogP contribution in [-0.4, -0.2) is 23.2 Å². The van der Waals surface area contributed by atoms with Crippen molar-refractivity contribution in [2.45, 2.75) is 20.0 Å². The van der Waals surface area contributed by atoms with E-state index in [0.29, 0.717) is 13.1 Å². The maximum absolute atomic E-state index is 10.7. The summed E-state index contributed by atoms with van der Waals surface area (Å²) in [7, 11) is 1.66. The van der Waals surface area contributed by atoms with Crippen LogP contribution >= 0.6 is 0 Å². The average molecular weight is 286 g/mol. The number of nitrogens with zero attached hydrogens (tertiary/aromatic N) is 1. The molecule has 0 aliphatic heterocycles. The first-order valence-electron chi connectivity index (χ1n) is 6.62. The second-order valence-corrected chi connectivity index (χ2v) is 4.78. The van der Waals surface area contributed by atoms with Gasteiger partial charge in [0, 0.05) is 24.8 Å². The van der Waals surface area contributed by atoms with E-state index in [0.717, 1.165) is 16.9 Å². The highest BCUT2D eigenvalue weighted by molar-refractivity contribution is 5.85. The molecule has 5 nitrogen and oxygen atoms in total. The van der Waals surface area contributed by atoms with Gasteiger partial charge in [-0.05, 0) is 24.6 Å². The van der Waals surface area contributed by atoms with Crippen LogP contribution in [-0.2, 0) is 13.1 Å². The van der Waals surface area contributed by atoms with E-state index < -0.39 is 5.97 Å². The van der Waals surface area contributed by atoms with Crippen molar-refractivity contribution in [2.24, 2.45) is 0 Å². The molecule has 0 saturated carbocycles. The van der Waals surface area contributed by atoms with Gasteiger partial charge in [-0.15, -0.1) is 0 Å². The van der Waals surface area contributed by atoms with E-state index in [1.165, 1.54) is 11.6 Å². The van der Waals surface area contributed by atoms with Gasteiger partial charge in [-0.25, -0.2) is 9.78 Å². The quantitative estimate of drug-likeness (QED) is 0.853. The first kappa shape index (κ1) is 15.0. The lowest BCUT2D eigenvalue weighted by Gasteiger charge is -2.10. The summed E-state index contributed by atoms with van der Waals surface area (Å²) in [6, 6.07) is 9.31. The summed E-state index contributed by atoms with van der Waals surface area (Å²) in [4.78, 5) is 14.6. The van der Waals surface area contributed by atoms with Gasteiger partial charge in [0.05, 0.1) is 7.11 Å². The zero-order valence-corrected chi connectivity index (χ0v) is 12.1. The van der Waals surface area contributed by atoms with Crippen molar-refractivity contribution in [3.05, 3.63) is 58.9 Å². The van der Waals surface area contributed by atoms with Gasteiger partial charge in [0.1, 0.15) is 11.4 Å². The number of hydrogen-bond acceptors (Lipinski definition) is 4. The number of nitrogens with one attached hydrogen (secondary N) is 1. The number of benzene rings is 1. The third-order valence-electron chi connectivity index (χ3n) is 3.12. The highest BCUT2D eigenvalue weighted by Gasteiger charge is 2.05. The number of aromatic carboxylic acids is 1. The summed E-state index contributed by atoms with van der Waals surface area (Å²) in [6.45, 7) is 3.33. The van der Waals surface area contributed by atoms with Crippen LogP contribution in [0.4, 0.5) is 0 Å². The van der Waals surface area contributed by atoms with Gasteiger partial charge in [0.25, 0.3) is 0 Å². The number of aromatic nitrogens is 1. The van der Waals surface area contributed by atoms with Gasteiger partial charge >= 0.3 is 5.97 Å². The predicted molar refractivity (Wildman–Crippen MR) is 79.5 cm³/mol. The summed E-state index contributed by atoms with van der Waals surface area (Å²) in [6.07, 6.45) is 1.57. The molecule has 2 aromatic rings. The van der Waals surface area contributed by atoms with Crippen LogP contribution in [0.15, 0.2) is 36.5 Å². The van der Waals surface area contributed by atoms with Crippen LogP contribution in [0.2, 0.25) is 0 Å². The fraction of sp³-hybridized carbons (Fsp3) is 0.250. The smallest absolute Gasteiger partial charge is 0.354 e. The molecule has 110 valence electrons. The summed E-state index contributed by atoms with van der Waals surface area (Å²) in [5, 5.41) is 12.1. The average Bonchev–Trinajstić information content (AvgIpc) is 2.48. The minimum Gasteiger partial charge on any atom is -0.496 e. The maximum Gasteiger partial charge on any atom is 0.354 e. The number of pyridine rings is 1. The van der Waals surface area contributed by atoms with Crippen molar-refractivity contribution in [3.8, 4) is 5.75 Å². The van der Waals surface area contributed by atoms with E-state index in [4.69, 9.17) is 9.84 Å². The van der Waals surface area contributed by atoms with Crippen LogP contribution in [0.5, 0.6) is 5.75 Å². The molecule has 0 bridgehead atoms. The molecule has 0 spiro atoms. The van der Waals surface area contributed by atoms with E-state index >= 15 is 0 Å². The highest BCUT2D eigenvalue weighted by atomic mass is 16.5. The summed E-state index contributed by atoms with van der Waals surface area (Å²) < 4.78 is 5.33. The Morgan fingerprint density at radius 1 is 1.29 bits per heavy atom. The molecule has 0 aliphatic carbocycles. The fourth-order valence-corrected chi connectivity index (χ4v) is 2.04. The lowest BCUT2D eigenvalue weighted by Crippen LogP contribution is -2.14. The molecular formula is C16H18N2O3. The predicted octanol–water partition coefficient (Wildman–Crippen LogP) is 2.39. The molecule has 1 aromatic carbocycles. The number of ether oxygens (including phenoxy) is 1. The summed E-state index contributed by atoms with van der Waals surface area (Å²) in [5.74, 6) is -0.161. The van der Waals surface area contributed by atoms with Crippen molar-refractivity contribution < 1.29 is 14.6 Å². The van der Waals surface area contributed by atoms with Crippen molar-refractivity contribution >= 4 is 5.97 Å². The molecule has 1 aromatic heterocycles. The van der Waals surface area contributed by atoms with Gasteiger partial charge in [-0.1, -0.05) is 23.8 Å². The molecule has 2 N–H and O–H groups in total. The second-order valence-electron chi connectivity index (χ2n) is 4.78. The Morgan fingerprint density at radius 3 is 2.71 bits per heavy atom. The number of carboxylic acids is 1. The molecule has 21 heavy (non-hydrogen) atoms. The lowest BCUT2D eigenvalue weighted by molar-refractivity contribution is 0.0690. The van der Waals surface area contributed by atoms with Crippen LogP contribution in [0.1, 0.15) is 27.2 Å². The third kappa shape index (κ3) is 4.03. The van der Waals surface area contributed by atoms with Gasteiger partial charge in [-0.3, -0.25) is 0 Å². The molecule has 0 saturated heterocycles. The number of aryl methyl sites for hydroxylation is 1. The molecule has 5 heteroatoms. The van der Waals surface area contributed by atoms with Gasteiger partial charge in [-0.2, -0.15) is 0 Å². The molecule has 0 amide bonds. The Balaban J connectivity index is 1.95. The first-order chi connectivity index (χ1) is 10.1. The lowest BCUT2D eigenvalue weighted by atomic mass is 10.1. The highest BCUT2D eigenvalue weighted by Crippen LogP contribution is 2.19. The van der Waals surface area contributed by atoms with Crippen molar-refractivity contribution in [2.75, 3.05) is 7.11 Å². The molecule has 0 radical (unpaired) electrons. The Hall–Kier alpha value is -2.40. The van der Waals surface area contributed by atoms with Crippen LogP contribution in [0.3, 0.4) is 0 Å². The van der Waals surface area contributed by atoms with Crippen molar-refractivity contribution in [1.29, 1.82) is 0 Å². The number of hydrogen-bond donors (Lipinski definition) is 2. The van der Waals surface area contributed by atoms with Crippen molar-refractivity contribution in [1.82, 2.24) is 10.3 Å². The molecule has 0 atom stereocenters. The van der Waals surface area contributed by atoms with Crippen LogP contribution in [0.25, 0.3) is 0 Å². The van der Waals surface area contributed by atoms with Gasteiger partial charge in [0.15, 0.2) is 0 Å². The summed E-state index contributed by atoms with van der Waals surface area (Å²) in [5.41, 5.74) is 3.26. The Kier molecular flexibility index (Phi) is 4.90. The molecular weight excluding hydrogens is 268 g/mol. The number of carbonyl (C=O) groups is 1. The van der Waals surface area contributed by atoms with Crippen LogP contribution in [0, 0.1) is 6.92 Å². The minimum atomic E-state index is -1.01. The van der Waals surface area contributed by atoms with E-state index in [-0.39, 0.29) is 5.69 Å². The Morgan fingerprint density at radius 2 is 2.10 bits per heavy atom. The molecule has 0 fully saturated rings. The number of methoxy groups -OCH3 is 1. The van der Waals surface area contributed by atoms with E-state index in [1.807, 2.05) is 19.1 Å². The van der Waals surface area contributed by atoms with E-state index in [1.54, 1.807) is 19.4 Å². The minimum absolute atomic E-state index is 0.0547. The van der Waals surface area contributed by atoms with E-state index in [9.17, 15) is 4.79 Å².